The van der Waals surface area contributed by atoms with Crippen molar-refractivity contribution in [2.24, 2.45) is 21.4 Å². The largest absolute Gasteiger partial charge is 0.271 e. The van der Waals surface area contributed by atoms with E-state index in [-0.39, 0.29) is 18.3 Å². The zero-order chi connectivity index (χ0) is 30.5. The number of imide groups is 1. The Hall–Kier alpha value is -4.58. The summed E-state index contributed by atoms with van der Waals surface area (Å²) in [5, 5.41) is 15.6. The lowest BCUT2D eigenvalue weighted by atomic mass is 9.77. The number of hydrogen-bond donors (Lipinski definition) is 0. The highest BCUT2D eigenvalue weighted by molar-refractivity contribution is 9.10. The zero-order valence-electron chi connectivity index (χ0n) is 23.2. The average molecular weight is 659 g/mol. The predicted octanol–water partition coefficient (Wildman–Crippen LogP) is 5.84. The van der Waals surface area contributed by atoms with Gasteiger partial charge in [0.15, 0.2) is 12.1 Å². The van der Waals surface area contributed by atoms with Crippen molar-refractivity contribution in [1.82, 2.24) is 10.0 Å². The standard InChI is InChI=1S/C32H25BrF2N6O3/c33-21-4-2-5-24(16-21)40-31(43)28-30(32(40)44)39(38-36-28)17-26(42)41-29(19-9-13-23(35)14-10-19)25-6-1-3-20(27(25)37-41)15-18-7-11-22(34)12-8-18/h2,4-5,7-16,25,28-30H,1,3,6,17H2/b20-15+/t25-,28+,29+,30+/m0/s1. The molecule has 1 saturated carbocycles. The molecule has 0 spiro atoms. The first-order valence-electron chi connectivity index (χ1n) is 14.2. The maximum absolute atomic E-state index is 14.0. The van der Waals surface area contributed by atoms with Gasteiger partial charge in [-0.1, -0.05) is 51.5 Å². The molecule has 0 aromatic heterocycles. The van der Waals surface area contributed by atoms with Gasteiger partial charge >= 0.3 is 0 Å². The van der Waals surface area contributed by atoms with E-state index in [1.165, 1.54) is 34.3 Å². The van der Waals surface area contributed by atoms with Crippen LogP contribution in [0.4, 0.5) is 14.5 Å². The van der Waals surface area contributed by atoms with Gasteiger partial charge in [0.1, 0.15) is 18.2 Å². The second-order valence-electron chi connectivity index (χ2n) is 11.1. The first-order valence-corrected chi connectivity index (χ1v) is 15.0. The molecular formula is C32H25BrF2N6O3. The third-order valence-corrected chi connectivity index (χ3v) is 8.89. The maximum Gasteiger partial charge on any atom is 0.264 e. The molecule has 0 unspecified atom stereocenters. The number of hydrazone groups is 1. The van der Waals surface area contributed by atoms with E-state index in [1.54, 1.807) is 48.5 Å². The van der Waals surface area contributed by atoms with Crippen molar-refractivity contribution < 1.29 is 23.2 Å². The molecule has 2 fully saturated rings. The molecule has 3 aromatic rings. The van der Waals surface area contributed by atoms with Gasteiger partial charge in [0.05, 0.1) is 17.4 Å². The smallest absolute Gasteiger partial charge is 0.264 e. The van der Waals surface area contributed by atoms with Crippen LogP contribution < -0.4 is 4.90 Å². The molecule has 222 valence electrons. The molecule has 4 atom stereocenters. The topological polar surface area (TPSA) is 98.0 Å². The number of halogens is 3. The molecule has 44 heavy (non-hydrogen) atoms. The maximum atomic E-state index is 14.0. The van der Waals surface area contributed by atoms with E-state index in [9.17, 15) is 23.2 Å². The summed E-state index contributed by atoms with van der Waals surface area (Å²) >= 11 is 3.37. The zero-order valence-corrected chi connectivity index (χ0v) is 24.8. The second kappa shape index (κ2) is 11.2. The van der Waals surface area contributed by atoms with Crippen molar-refractivity contribution in [2.45, 2.75) is 37.4 Å². The summed E-state index contributed by atoms with van der Waals surface area (Å²) in [5.41, 5.74) is 3.63. The van der Waals surface area contributed by atoms with Gasteiger partial charge in [-0.25, -0.2) is 18.7 Å². The number of allylic oxidation sites excluding steroid dienone is 1. The summed E-state index contributed by atoms with van der Waals surface area (Å²) in [7, 11) is 0. The lowest BCUT2D eigenvalue weighted by Crippen LogP contribution is -2.45. The first kappa shape index (κ1) is 28.2. The molecule has 3 aromatic carbocycles. The fourth-order valence-corrected chi connectivity index (χ4v) is 6.78. The molecule has 3 amide bonds. The van der Waals surface area contributed by atoms with Gasteiger partial charge in [-0.2, -0.15) is 10.2 Å². The minimum Gasteiger partial charge on any atom is -0.271 e. The van der Waals surface area contributed by atoms with Crippen LogP contribution in [-0.2, 0) is 14.4 Å². The number of carbonyl (C=O) groups is 3. The van der Waals surface area contributed by atoms with Crippen LogP contribution in [0.15, 0.2) is 98.3 Å². The van der Waals surface area contributed by atoms with Gasteiger partial charge in [0, 0.05) is 10.4 Å². The molecule has 12 heteroatoms. The van der Waals surface area contributed by atoms with Crippen LogP contribution in [0.25, 0.3) is 6.08 Å². The minimum absolute atomic E-state index is 0.153. The number of anilines is 1. The monoisotopic (exact) mass is 658 g/mol. The van der Waals surface area contributed by atoms with Crippen molar-refractivity contribution in [3.63, 3.8) is 0 Å². The van der Waals surface area contributed by atoms with Crippen molar-refractivity contribution in [1.29, 1.82) is 0 Å². The van der Waals surface area contributed by atoms with Crippen molar-refractivity contribution in [2.75, 3.05) is 11.4 Å². The van der Waals surface area contributed by atoms with Crippen LogP contribution >= 0.6 is 15.9 Å². The summed E-state index contributed by atoms with van der Waals surface area (Å²) in [6.07, 6.45) is 4.30. The fraction of sp³-hybridized carbons (Fsp3) is 0.250. The van der Waals surface area contributed by atoms with Crippen molar-refractivity contribution in [3.05, 3.63) is 106 Å². The molecule has 7 rings (SSSR count). The Labute approximate surface area is 259 Å². The summed E-state index contributed by atoms with van der Waals surface area (Å²) < 4.78 is 28.1. The Morgan fingerprint density at radius 3 is 2.41 bits per heavy atom. The molecule has 3 heterocycles. The highest BCUT2D eigenvalue weighted by Gasteiger charge is 2.55. The normalized spacial score (nSPS) is 25.1. The molecule has 0 bridgehead atoms. The number of benzene rings is 3. The van der Waals surface area contributed by atoms with Crippen molar-refractivity contribution in [3.8, 4) is 0 Å². The third-order valence-electron chi connectivity index (χ3n) is 8.40. The summed E-state index contributed by atoms with van der Waals surface area (Å²) in [6, 6.07) is 16.4. The number of fused-ring (bicyclic) bond motifs is 2. The average Bonchev–Trinajstić information content (AvgIpc) is 3.68. The van der Waals surface area contributed by atoms with Gasteiger partial charge in [-0.3, -0.25) is 19.4 Å². The van der Waals surface area contributed by atoms with Gasteiger partial charge < -0.3 is 0 Å². The Morgan fingerprint density at radius 2 is 1.68 bits per heavy atom. The molecular weight excluding hydrogens is 634 g/mol. The quantitative estimate of drug-likeness (QED) is 0.322. The summed E-state index contributed by atoms with van der Waals surface area (Å²) in [5.74, 6) is -2.35. The SMILES string of the molecule is O=C1[C@@H]2N=NN(CC(=O)N3N=C4/C(=C/c5ccc(F)cc5)CCC[C@@H]4[C@H]3c3ccc(F)cc3)[C@H]2C(=O)N1c1cccc(Br)c1. The van der Waals surface area contributed by atoms with Gasteiger partial charge in [-0.05, 0) is 84.5 Å². The van der Waals surface area contributed by atoms with Crippen LogP contribution in [0.3, 0.4) is 0 Å². The highest BCUT2D eigenvalue weighted by atomic mass is 79.9. The predicted molar refractivity (Wildman–Crippen MR) is 161 cm³/mol. The lowest BCUT2D eigenvalue weighted by molar-refractivity contribution is -0.136. The van der Waals surface area contributed by atoms with Gasteiger partial charge in [0.2, 0.25) is 0 Å². The molecule has 1 aliphatic carbocycles. The number of carbonyl (C=O) groups excluding carboxylic acids is 3. The Balaban J connectivity index is 1.19. The van der Waals surface area contributed by atoms with E-state index < -0.39 is 41.7 Å². The van der Waals surface area contributed by atoms with Crippen LogP contribution in [0, 0.1) is 17.6 Å². The number of rotatable bonds is 5. The van der Waals surface area contributed by atoms with Crippen molar-refractivity contribution >= 4 is 51.1 Å². The van der Waals surface area contributed by atoms with E-state index in [4.69, 9.17) is 5.10 Å². The highest BCUT2D eigenvalue weighted by Crippen LogP contribution is 2.45. The van der Waals surface area contributed by atoms with E-state index in [1.807, 2.05) is 6.08 Å². The number of hydrogen-bond acceptors (Lipinski definition) is 7. The molecule has 1 saturated heterocycles. The fourth-order valence-electron chi connectivity index (χ4n) is 6.40. The first-order chi connectivity index (χ1) is 21.3. The van der Waals surface area contributed by atoms with E-state index >= 15 is 0 Å². The second-order valence-corrected chi connectivity index (χ2v) is 12.0. The van der Waals surface area contributed by atoms with Gasteiger partial charge in [0.25, 0.3) is 17.7 Å². The summed E-state index contributed by atoms with van der Waals surface area (Å²) in [4.78, 5) is 41.7. The number of nitrogens with zero attached hydrogens (tertiary/aromatic N) is 6. The molecule has 3 aliphatic heterocycles. The molecule has 0 radical (unpaired) electrons. The van der Waals surface area contributed by atoms with E-state index in [2.05, 4.69) is 26.3 Å². The van der Waals surface area contributed by atoms with E-state index in [0.717, 1.165) is 46.6 Å². The van der Waals surface area contributed by atoms with Crippen LogP contribution in [0.5, 0.6) is 0 Å². The lowest BCUT2D eigenvalue weighted by Gasteiger charge is -2.30. The Kier molecular flexibility index (Phi) is 7.16. The van der Waals surface area contributed by atoms with Crippen LogP contribution in [-0.4, -0.2) is 52.1 Å². The van der Waals surface area contributed by atoms with Crippen LogP contribution in [0.2, 0.25) is 0 Å². The summed E-state index contributed by atoms with van der Waals surface area (Å²) in [6.45, 7) is -0.339. The molecule has 0 N–H and O–H groups in total. The Morgan fingerprint density at radius 1 is 0.955 bits per heavy atom. The Bertz CT molecular complexity index is 1760. The minimum atomic E-state index is -1.06. The number of amides is 3. The van der Waals surface area contributed by atoms with Crippen LogP contribution in [0.1, 0.15) is 36.4 Å². The molecule has 4 aliphatic rings. The van der Waals surface area contributed by atoms with Gasteiger partial charge in [-0.15, -0.1) is 0 Å². The van der Waals surface area contributed by atoms with E-state index in [0.29, 0.717) is 10.2 Å². The molecule has 9 nitrogen and oxygen atoms in total. The third kappa shape index (κ3) is 4.92.